The van der Waals surface area contributed by atoms with Crippen LogP contribution in [0.3, 0.4) is 0 Å². The lowest BCUT2D eigenvalue weighted by molar-refractivity contribution is -0.134. The van der Waals surface area contributed by atoms with Crippen LogP contribution >= 0.6 is 0 Å². The van der Waals surface area contributed by atoms with E-state index in [-0.39, 0.29) is 11.3 Å². The summed E-state index contributed by atoms with van der Waals surface area (Å²) < 4.78 is 17.5. The van der Waals surface area contributed by atoms with E-state index in [1.807, 2.05) is 0 Å². The fourth-order valence-electron chi connectivity index (χ4n) is 0.959. The van der Waals surface area contributed by atoms with Crippen LogP contribution in [0.4, 0.5) is 4.39 Å². The summed E-state index contributed by atoms with van der Waals surface area (Å²) in [5.74, 6) is -1.07. The van der Waals surface area contributed by atoms with Crippen molar-refractivity contribution < 1.29 is 13.9 Å². The second-order valence-corrected chi connectivity index (χ2v) is 2.60. The molecule has 0 amide bonds. The predicted octanol–water partition coefficient (Wildman–Crippen LogP) is 1.30. The molecule has 14 heavy (non-hydrogen) atoms. The maximum absolute atomic E-state index is 13.1. The van der Waals surface area contributed by atoms with Crippen LogP contribution in [-0.2, 0) is 9.53 Å². The van der Waals surface area contributed by atoms with Gasteiger partial charge in [0.1, 0.15) is 5.82 Å². The monoisotopic (exact) mass is 195 g/mol. The van der Waals surface area contributed by atoms with Crippen LogP contribution in [0.5, 0.6) is 0 Å². The number of nitrogens with two attached hydrogens (primary N) is 1. The van der Waals surface area contributed by atoms with Crippen molar-refractivity contribution in [2.24, 2.45) is 5.73 Å². The number of hydrogen-bond acceptors (Lipinski definition) is 3. The third-order valence-corrected chi connectivity index (χ3v) is 1.66. The van der Waals surface area contributed by atoms with Gasteiger partial charge in [-0.1, -0.05) is 12.1 Å². The van der Waals surface area contributed by atoms with Crippen LogP contribution in [0.1, 0.15) is 5.56 Å². The largest absolute Gasteiger partial charge is 0.466 e. The quantitative estimate of drug-likeness (QED) is 0.571. The summed E-state index contributed by atoms with van der Waals surface area (Å²) in [5.41, 5.74) is 5.74. The maximum Gasteiger partial charge on any atom is 0.332 e. The highest BCUT2D eigenvalue weighted by Gasteiger charge is 2.05. The van der Waals surface area contributed by atoms with Crippen molar-refractivity contribution in [2.45, 2.75) is 0 Å². The zero-order valence-electron chi connectivity index (χ0n) is 7.66. The molecule has 0 aliphatic rings. The topological polar surface area (TPSA) is 52.3 Å². The van der Waals surface area contributed by atoms with Crippen LogP contribution in [0.15, 0.2) is 30.3 Å². The van der Waals surface area contributed by atoms with Crippen LogP contribution in [0, 0.1) is 5.82 Å². The normalized spacial score (nSPS) is 11.1. The lowest BCUT2D eigenvalue weighted by Crippen LogP contribution is -2.04. The molecule has 0 aliphatic heterocycles. The summed E-state index contributed by atoms with van der Waals surface area (Å²) in [6.07, 6.45) is 1.04. The van der Waals surface area contributed by atoms with Gasteiger partial charge >= 0.3 is 5.97 Å². The van der Waals surface area contributed by atoms with Gasteiger partial charge in [0.05, 0.1) is 7.11 Å². The van der Waals surface area contributed by atoms with Gasteiger partial charge in [-0.2, -0.15) is 0 Å². The molecule has 0 aromatic heterocycles. The Balaban J connectivity index is 3.00. The van der Waals surface area contributed by atoms with Gasteiger partial charge in [-0.25, -0.2) is 9.18 Å². The Morgan fingerprint density at radius 3 is 2.71 bits per heavy atom. The molecule has 0 spiro atoms. The van der Waals surface area contributed by atoms with Gasteiger partial charge in [0.25, 0.3) is 0 Å². The van der Waals surface area contributed by atoms with E-state index in [2.05, 4.69) is 4.74 Å². The fraction of sp³-hybridized carbons (Fsp3) is 0.100. The molecule has 3 nitrogen and oxygen atoms in total. The number of esters is 1. The third kappa shape index (κ3) is 2.32. The molecule has 0 aliphatic carbocycles. The first kappa shape index (κ1) is 10.2. The van der Waals surface area contributed by atoms with Crippen LogP contribution < -0.4 is 5.73 Å². The zero-order chi connectivity index (χ0) is 10.6. The smallest absolute Gasteiger partial charge is 0.332 e. The Kier molecular flexibility index (Phi) is 3.23. The molecule has 0 fully saturated rings. The first-order chi connectivity index (χ1) is 6.65. The number of benzene rings is 1. The van der Waals surface area contributed by atoms with Crippen molar-refractivity contribution in [1.29, 1.82) is 0 Å². The number of carbonyl (C=O) groups is 1. The molecule has 1 aromatic rings. The van der Waals surface area contributed by atoms with E-state index in [1.54, 1.807) is 12.1 Å². The molecule has 1 rings (SSSR count). The molecule has 1 aromatic carbocycles. The van der Waals surface area contributed by atoms with Crippen molar-refractivity contribution in [2.75, 3.05) is 7.11 Å². The molecule has 0 radical (unpaired) electrons. The molecule has 0 heterocycles. The minimum Gasteiger partial charge on any atom is -0.466 e. The van der Waals surface area contributed by atoms with Crippen LogP contribution in [0.25, 0.3) is 5.70 Å². The highest BCUT2D eigenvalue weighted by molar-refractivity contribution is 5.90. The molecule has 0 saturated heterocycles. The summed E-state index contributed by atoms with van der Waals surface area (Å²) >= 11 is 0. The number of carbonyl (C=O) groups excluding carboxylic acids is 1. The number of methoxy groups -OCH3 is 1. The van der Waals surface area contributed by atoms with Gasteiger partial charge in [0.2, 0.25) is 0 Å². The molecule has 74 valence electrons. The van der Waals surface area contributed by atoms with E-state index in [4.69, 9.17) is 5.73 Å². The van der Waals surface area contributed by atoms with E-state index >= 15 is 0 Å². The second-order valence-electron chi connectivity index (χ2n) is 2.60. The third-order valence-electron chi connectivity index (χ3n) is 1.66. The standard InChI is InChI=1S/C10H10FNO2/c1-14-10(13)6-9(12)7-4-2-3-5-8(7)11/h2-6H,12H2,1H3/b9-6+. The van der Waals surface area contributed by atoms with E-state index < -0.39 is 11.8 Å². The number of ether oxygens (including phenoxy) is 1. The van der Waals surface area contributed by atoms with Gasteiger partial charge in [0, 0.05) is 17.3 Å². The second kappa shape index (κ2) is 4.41. The van der Waals surface area contributed by atoms with Crippen molar-refractivity contribution in [3.8, 4) is 0 Å². The predicted molar refractivity (Wildman–Crippen MR) is 50.6 cm³/mol. The fourth-order valence-corrected chi connectivity index (χ4v) is 0.959. The summed E-state index contributed by atoms with van der Waals surface area (Å²) in [5, 5.41) is 0. The highest BCUT2D eigenvalue weighted by atomic mass is 19.1. The Morgan fingerprint density at radius 1 is 1.50 bits per heavy atom. The molecular formula is C10H10FNO2. The van der Waals surface area contributed by atoms with Gasteiger partial charge in [-0.15, -0.1) is 0 Å². The summed E-state index contributed by atoms with van der Waals surface area (Å²) in [6, 6.07) is 5.94. The Bertz CT molecular complexity index is 374. The van der Waals surface area contributed by atoms with E-state index in [1.165, 1.54) is 19.2 Å². The number of hydrogen-bond donors (Lipinski definition) is 1. The lowest BCUT2D eigenvalue weighted by Gasteiger charge is -2.01. The SMILES string of the molecule is COC(=O)/C=C(/N)c1ccccc1F. The molecule has 0 unspecified atom stereocenters. The minimum atomic E-state index is -0.606. The van der Waals surface area contributed by atoms with Crippen LogP contribution in [0.2, 0.25) is 0 Å². The molecular weight excluding hydrogens is 185 g/mol. The van der Waals surface area contributed by atoms with E-state index in [0.717, 1.165) is 6.08 Å². The van der Waals surface area contributed by atoms with Crippen molar-refractivity contribution in [3.05, 3.63) is 41.7 Å². The van der Waals surface area contributed by atoms with Crippen molar-refractivity contribution in [3.63, 3.8) is 0 Å². The molecule has 0 atom stereocenters. The van der Waals surface area contributed by atoms with Gasteiger partial charge in [-0.3, -0.25) is 0 Å². The van der Waals surface area contributed by atoms with Gasteiger partial charge in [-0.05, 0) is 12.1 Å². The minimum absolute atomic E-state index is 0.0509. The van der Waals surface area contributed by atoms with Gasteiger partial charge in [0.15, 0.2) is 0 Å². The van der Waals surface area contributed by atoms with Gasteiger partial charge < -0.3 is 10.5 Å². The average Bonchev–Trinajstić information content (AvgIpc) is 2.18. The highest BCUT2D eigenvalue weighted by Crippen LogP contribution is 2.12. The van der Waals surface area contributed by atoms with Crippen molar-refractivity contribution in [1.82, 2.24) is 0 Å². The maximum atomic E-state index is 13.1. The first-order valence-electron chi connectivity index (χ1n) is 3.95. The first-order valence-corrected chi connectivity index (χ1v) is 3.95. The summed E-state index contributed by atoms with van der Waals surface area (Å²) in [4.78, 5) is 10.8. The summed E-state index contributed by atoms with van der Waals surface area (Å²) in [6.45, 7) is 0. The Hall–Kier alpha value is -1.84. The zero-order valence-corrected chi connectivity index (χ0v) is 7.66. The summed E-state index contributed by atoms with van der Waals surface area (Å²) in [7, 11) is 1.23. The van der Waals surface area contributed by atoms with Crippen LogP contribution in [-0.4, -0.2) is 13.1 Å². The van der Waals surface area contributed by atoms with Crippen molar-refractivity contribution >= 4 is 11.7 Å². The number of halogens is 1. The number of rotatable bonds is 2. The Morgan fingerprint density at radius 2 is 2.14 bits per heavy atom. The molecule has 0 saturated carbocycles. The molecule has 0 bridgehead atoms. The molecule has 4 heteroatoms. The Labute approximate surface area is 81.0 Å². The van der Waals surface area contributed by atoms with E-state index in [9.17, 15) is 9.18 Å². The van der Waals surface area contributed by atoms with E-state index in [0.29, 0.717) is 0 Å². The lowest BCUT2D eigenvalue weighted by atomic mass is 10.1. The molecule has 2 N–H and O–H groups in total. The average molecular weight is 195 g/mol.